The van der Waals surface area contributed by atoms with Crippen LogP contribution in [0.1, 0.15) is 5.56 Å². The molecule has 20 heavy (non-hydrogen) atoms. The minimum atomic E-state index is 0.554. The van der Waals surface area contributed by atoms with Gasteiger partial charge in [0.1, 0.15) is 5.82 Å². The fraction of sp³-hybridized carbons (Fsp3) is 0.333. The van der Waals surface area contributed by atoms with Crippen molar-refractivity contribution in [3.8, 4) is 0 Å². The average molecular weight is 269 g/mol. The Morgan fingerprint density at radius 2 is 1.80 bits per heavy atom. The maximum absolute atomic E-state index is 5.80. The molecule has 0 saturated carbocycles. The summed E-state index contributed by atoms with van der Waals surface area (Å²) in [4.78, 5) is 13.3. The van der Waals surface area contributed by atoms with E-state index >= 15 is 0 Å². The molecule has 3 heterocycles. The maximum atomic E-state index is 5.80. The Morgan fingerprint density at radius 3 is 2.50 bits per heavy atom. The summed E-state index contributed by atoms with van der Waals surface area (Å²) in [6.07, 6.45) is 5.56. The fourth-order valence-corrected chi connectivity index (χ4v) is 2.59. The lowest BCUT2D eigenvalue weighted by molar-refractivity contribution is 0.644. The van der Waals surface area contributed by atoms with Crippen molar-refractivity contribution >= 4 is 11.5 Å². The van der Waals surface area contributed by atoms with Crippen LogP contribution < -0.4 is 15.5 Å². The molecule has 1 fully saturated rings. The third kappa shape index (κ3) is 2.58. The van der Waals surface area contributed by atoms with Gasteiger partial charge in [-0.1, -0.05) is 6.07 Å². The second-order valence-electron chi connectivity index (χ2n) is 4.87. The quantitative estimate of drug-likeness (QED) is 0.909. The number of aromatic nitrogens is 2. The molecule has 0 spiro atoms. The number of hydrogen-bond donors (Lipinski definition) is 1. The Balaban J connectivity index is 1.70. The van der Waals surface area contributed by atoms with Crippen molar-refractivity contribution in [1.82, 2.24) is 9.97 Å². The van der Waals surface area contributed by atoms with Crippen LogP contribution in [-0.2, 0) is 6.54 Å². The predicted octanol–water partition coefficient (Wildman–Crippen LogP) is 1.26. The number of piperazine rings is 1. The minimum Gasteiger partial charge on any atom is -0.366 e. The van der Waals surface area contributed by atoms with Crippen LogP contribution in [0.3, 0.4) is 0 Å². The highest BCUT2D eigenvalue weighted by atomic mass is 15.3. The summed E-state index contributed by atoms with van der Waals surface area (Å²) in [5.41, 5.74) is 8.12. The number of hydrogen-bond acceptors (Lipinski definition) is 5. The molecule has 0 radical (unpaired) electrons. The molecule has 2 aromatic heterocycles. The number of rotatable bonds is 3. The molecular weight excluding hydrogens is 250 g/mol. The molecule has 0 unspecified atom stereocenters. The molecule has 2 N–H and O–H groups in total. The maximum Gasteiger partial charge on any atom is 0.128 e. The highest BCUT2D eigenvalue weighted by Crippen LogP contribution is 2.21. The molecule has 1 saturated heterocycles. The number of pyridine rings is 2. The van der Waals surface area contributed by atoms with E-state index in [1.54, 1.807) is 6.20 Å². The smallest absolute Gasteiger partial charge is 0.128 e. The topological polar surface area (TPSA) is 58.3 Å². The fourth-order valence-electron chi connectivity index (χ4n) is 2.59. The van der Waals surface area contributed by atoms with Crippen molar-refractivity contribution in [3.63, 3.8) is 0 Å². The van der Waals surface area contributed by atoms with E-state index in [4.69, 9.17) is 5.73 Å². The summed E-state index contributed by atoms with van der Waals surface area (Å²) in [6, 6.07) is 8.04. The molecule has 0 amide bonds. The van der Waals surface area contributed by atoms with Gasteiger partial charge in [0, 0.05) is 45.1 Å². The molecule has 5 nitrogen and oxygen atoms in total. The molecule has 0 atom stereocenters. The second kappa shape index (κ2) is 5.88. The Kier molecular flexibility index (Phi) is 3.78. The Labute approximate surface area is 119 Å². The molecule has 0 aromatic carbocycles. The van der Waals surface area contributed by atoms with Crippen molar-refractivity contribution in [3.05, 3.63) is 48.4 Å². The van der Waals surface area contributed by atoms with Crippen molar-refractivity contribution < 1.29 is 0 Å². The van der Waals surface area contributed by atoms with Crippen molar-refractivity contribution in [2.75, 3.05) is 36.0 Å². The van der Waals surface area contributed by atoms with E-state index in [1.165, 1.54) is 0 Å². The van der Waals surface area contributed by atoms with E-state index in [1.807, 2.05) is 30.6 Å². The van der Waals surface area contributed by atoms with Gasteiger partial charge in [0.25, 0.3) is 0 Å². The van der Waals surface area contributed by atoms with Gasteiger partial charge in [-0.15, -0.1) is 0 Å². The first kappa shape index (κ1) is 12.9. The van der Waals surface area contributed by atoms with Crippen molar-refractivity contribution in [1.29, 1.82) is 0 Å². The van der Waals surface area contributed by atoms with Crippen LogP contribution in [0.5, 0.6) is 0 Å². The molecule has 3 rings (SSSR count). The van der Waals surface area contributed by atoms with Crippen LogP contribution in [0, 0.1) is 0 Å². The van der Waals surface area contributed by atoms with E-state index in [0.29, 0.717) is 6.54 Å². The Bertz CT molecular complexity index is 549. The highest BCUT2D eigenvalue weighted by molar-refractivity contribution is 5.53. The average Bonchev–Trinajstić information content (AvgIpc) is 2.56. The third-order valence-electron chi connectivity index (χ3n) is 3.70. The van der Waals surface area contributed by atoms with E-state index in [0.717, 1.165) is 43.2 Å². The summed E-state index contributed by atoms with van der Waals surface area (Å²) in [5.74, 6) is 1.05. The monoisotopic (exact) mass is 269 g/mol. The van der Waals surface area contributed by atoms with Gasteiger partial charge in [-0.25, -0.2) is 4.98 Å². The van der Waals surface area contributed by atoms with Gasteiger partial charge in [0.2, 0.25) is 0 Å². The highest BCUT2D eigenvalue weighted by Gasteiger charge is 2.19. The minimum absolute atomic E-state index is 0.554. The first-order valence-electron chi connectivity index (χ1n) is 6.92. The zero-order chi connectivity index (χ0) is 13.8. The SMILES string of the molecule is NCc1ccncc1N1CCN(c2ccccn2)CC1. The van der Waals surface area contributed by atoms with Gasteiger partial charge in [0.05, 0.1) is 11.9 Å². The lowest BCUT2D eigenvalue weighted by Crippen LogP contribution is -2.47. The Morgan fingerprint density at radius 1 is 1.00 bits per heavy atom. The summed E-state index contributed by atoms with van der Waals surface area (Å²) in [5, 5.41) is 0. The van der Waals surface area contributed by atoms with Gasteiger partial charge in [-0.3, -0.25) is 4.98 Å². The molecule has 1 aliphatic rings. The first-order chi connectivity index (χ1) is 9.88. The lowest BCUT2D eigenvalue weighted by atomic mass is 10.2. The summed E-state index contributed by atoms with van der Waals surface area (Å²) in [7, 11) is 0. The number of nitrogens with two attached hydrogens (primary N) is 1. The molecule has 104 valence electrons. The van der Waals surface area contributed by atoms with Crippen LogP contribution in [0.2, 0.25) is 0 Å². The van der Waals surface area contributed by atoms with Gasteiger partial charge in [-0.2, -0.15) is 0 Å². The zero-order valence-corrected chi connectivity index (χ0v) is 11.4. The van der Waals surface area contributed by atoms with Crippen LogP contribution in [0.25, 0.3) is 0 Å². The van der Waals surface area contributed by atoms with E-state index in [9.17, 15) is 0 Å². The van der Waals surface area contributed by atoms with Crippen LogP contribution in [-0.4, -0.2) is 36.1 Å². The van der Waals surface area contributed by atoms with Gasteiger partial charge in [0.15, 0.2) is 0 Å². The molecule has 1 aliphatic heterocycles. The van der Waals surface area contributed by atoms with Crippen LogP contribution in [0.15, 0.2) is 42.9 Å². The van der Waals surface area contributed by atoms with Crippen LogP contribution >= 0.6 is 0 Å². The standard InChI is InChI=1S/C15H19N5/c16-11-13-4-6-17-12-14(13)19-7-9-20(10-8-19)15-3-1-2-5-18-15/h1-6,12H,7-11,16H2. The molecular formula is C15H19N5. The van der Waals surface area contributed by atoms with Gasteiger partial charge in [-0.05, 0) is 23.8 Å². The van der Waals surface area contributed by atoms with E-state index in [-0.39, 0.29) is 0 Å². The summed E-state index contributed by atoms with van der Waals surface area (Å²) < 4.78 is 0. The number of nitrogens with zero attached hydrogens (tertiary/aromatic N) is 4. The lowest BCUT2D eigenvalue weighted by Gasteiger charge is -2.37. The van der Waals surface area contributed by atoms with E-state index < -0.39 is 0 Å². The van der Waals surface area contributed by atoms with Gasteiger partial charge >= 0.3 is 0 Å². The molecule has 0 bridgehead atoms. The summed E-state index contributed by atoms with van der Waals surface area (Å²) in [6.45, 7) is 4.43. The largest absolute Gasteiger partial charge is 0.366 e. The van der Waals surface area contributed by atoms with Crippen molar-refractivity contribution in [2.24, 2.45) is 5.73 Å². The normalized spacial score (nSPS) is 15.4. The van der Waals surface area contributed by atoms with E-state index in [2.05, 4.69) is 25.8 Å². The molecule has 5 heteroatoms. The van der Waals surface area contributed by atoms with Crippen molar-refractivity contribution in [2.45, 2.75) is 6.54 Å². The predicted molar refractivity (Wildman–Crippen MR) is 80.8 cm³/mol. The molecule has 0 aliphatic carbocycles. The van der Waals surface area contributed by atoms with Crippen LogP contribution in [0.4, 0.5) is 11.5 Å². The second-order valence-corrected chi connectivity index (χ2v) is 4.87. The zero-order valence-electron chi connectivity index (χ0n) is 11.4. The van der Waals surface area contributed by atoms with Gasteiger partial charge < -0.3 is 15.5 Å². The Hall–Kier alpha value is -2.14. The first-order valence-corrected chi connectivity index (χ1v) is 6.92. The molecule has 2 aromatic rings. The third-order valence-corrected chi connectivity index (χ3v) is 3.70. The number of anilines is 2. The summed E-state index contributed by atoms with van der Waals surface area (Å²) >= 11 is 0.